The molecule has 0 saturated carbocycles. The zero-order valence-electron chi connectivity index (χ0n) is 9.66. The van der Waals surface area contributed by atoms with Gasteiger partial charge in [0.25, 0.3) is 5.91 Å². The molecule has 1 atom stereocenters. The second-order valence-electron chi connectivity index (χ2n) is 3.86. The van der Waals surface area contributed by atoms with E-state index in [1.807, 2.05) is 6.92 Å². The Balaban J connectivity index is 2.56. The van der Waals surface area contributed by atoms with Crippen molar-refractivity contribution in [2.24, 2.45) is 0 Å². The zero-order valence-corrected chi connectivity index (χ0v) is 9.66. The molecule has 1 aromatic rings. The van der Waals surface area contributed by atoms with Crippen LogP contribution in [0.2, 0.25) is 0 Å². The molecule has 1 N–H and O–H groups in total. The first-order chi connectivity index (χ1) is 7.65. The third-order valence-electron chi connectivity index (χ3n) is 2.37. The molecule has 0 aliphatic carbocycles. The number of halogens is 1. The van der Waals surface area contributed by atoms with Crippen LogP contribution in [0, 0.1) is 5.95 Å². The van der Waals surface area contributed by atoms with Gasteiger partial charge in [-0.3, -0.25) is 4.79 Å². The smallest absolute Gasteiger partial charge is 0.256 e. The van der Waals surface area contributed by atoms with Crippen molar-refractivity contribution in [1.29, 1.82) is 0 Å². The molecule has 4 heteroatoms. The van der Waals surface area contributed by atoms with E-state index in [2.05, 4.69) is 17.2 Å². The number of rotatable bonds is 5. The number of nitrogens with zero attached hydrogens (tertiary/aromatic N) is 1. The lowest BCUT2D eigenvalue weighted by Crippen LogP contribution is -2.33. The van der Waals surface area contributed by atoms with Crippen LogP contribution in [0.5, 0.6) is 0 Å². The largest absolute Gasteiger partial charge is 0.349 e. The Bertz CT molecular complexity index is 355. The summed E-state index contributed by atoms with van der Waals surface area (Å²) < 4.78 is 13.2. The highest BCUT2D eigenvalue weighted by molar-refractivity contribution is 5.94. The number of pyridine rings is 1. The van der Waals surface area contributed by atoms with Crippen LogP contribution in [-0.4, -0.2) is 16.9 Å². The molecule has 1 unspecified atom stereocenters. The maximum atomic E-state index is 13.2. The van der Waals surface area contributed by atoms with Crippen LogP contribution in [0.25, 0.3) is 0 Å². The van der Waals surface area contributed by atoms with Gasteiger partial charge in [0.2, 0.25) is 5.95 Å². The summed E-state index contributed by atoms with van der Waals surface area (Å²) >= 11 is 0. The summed E-state index contributed by atoms with van der Waals surface area (Å²) in [6.07, 6.45) is 4.37. The average Bonchev–Trinajstić information content (AvgIpc) is 2.26. The van der Waals surface area contributed by atoms with Gasteiger partial charge in [0.15, 0.2) is 0 Å². The molecule has 16 heavy (non-hydrogen) atoms. The fourth-order valence-corrected chi connectivity index (χ4v) is 1.44. The van der Waals surface area contributed by atoms with Crippen molar-refractivity contribution in [1.82, 2.24) is 10.3 Å². The predicted octanol–water partition coefficient (Wildman–Crippen LogP) is 2.53. The number of hydrogen-bond acceptors (Lipinski definition) is 2. The van der Waals surface area contributed by atoms with Gasteiger partial charge in [-0.1, -0.05) is 19.8 Å². The standard InChI is InChI=1S/C12H17FN2O/c1-3-4-6-9(2)15-12(16)10-7-5-8-14-11(10)13/h5,7-9H,3-4,6H2,1-2H3,(H,15,16). The van der Waals surface area contributed by atoms with E-state index in [4.69, 9.17) is 0 Å². The van der Waals surface area contributed by atoms with Crippen LogP contribution in [0.15, 0.2) is 18.3 Å². The van der Waals surface area contributed by atoms with Crippen molar-refractivity contribution < 1.29 is 9.18 Å². The van der Waals surface area contributed by atoms with Gasteiger partial charge in [0.05, 0.1) is 5.56 Å². The van der Waals surface area contributed by atoms with Crippen molar-refractivity contribution in [3.8, 4) is 0 Å². The van der Waals surface area contributed by atoms with Crippen LogP contribution in [0.4, 0.5) is 4.39 Å². The lowest BCUT2D eigenvalue weighted by atomic mass is 10.1. The molecule has 0 bridgehead atoms. The van der Waals surface area contributed by atoms with E-state index in [1.165, 1.54) is 12.3 Å². The Morgan fingerprint density at radius 2 is 2.38 bits per heavy atom. The molecule has 0 spiro atoms. The summed E-state index contributed by atoms with van der Waals surface area (Å²) in [5.41, 5.74) is 0.00542. The monoisotopic (exact) mass is 224 g/mol. The number of aromatic nitrogens is 1. The highest BCUT2D eigenvalue weighted by atomic mass is 19.1. The molecule has 0 radical (unpaired) electrons. The lowest BCUT2D eigenvalue weighted by Gasteiger charge is -2.13. The number of carbonyl (C=O) groups excluding carboxylic acids is 1. The van der Waals surface area contributed by atoms with Crippen molar-refractivity contribution in [2.75, 3.05) is 0 Å². The van der Waals surface area contributed by atoms with E-state index in [0.29, 0.717) is 0 Å². The summed E-state index contributed by atoms with van der Waals surface area (Å²) in [6, 6.07) is 3.05. The number of hydrogen-bond donors (Lipinski definition) is 1. The van der Waals surface area contributed by atoms with Gasteiger partial charge < -0.3 is 5.32 Å². The molecule has 0 fully saturated rings. The maximum absolute atomic E-state index is 13.2. The van der Waals surface area contributed by atoms with Gasteiger partial charge in [-0.05, 0) is 25.5 Å². The van der Waals surface area contributed by atoms with Crippen LogP contribution in [0.1, 0.15) is 43.5 Å². The molecule has 1 heterocycles. The summed E-state index contributed by atoms with van der Waals surface area (Å²) in [5, 5.41) is 2.75. The molecule has 0 aliphatic rings. The van der Waals surface area contributed by atoms with Crippen LogP contribution in [0.3, 0.4) is 0 Å². The zero-order chi connectivity index (χ0) is 12.0. The van der Waals surface area contributed by atoms with E-state index in [-0.39, 0.29) is 11.6 Å². The third kappa shape index (κ3) is 3.61. The Kier molecular flexibility index (Phi) is 4.89. The Morgan fingerprint density at radius 1 is 1.62 bits per heavy atom. The number of unbranched alkanes of at least 4 members (excludes halogenated alkanes) is 1. The van der Waals surface area contributed by atoms with Crippen LogP contribution >= 0.6 is 0 Å². The minimum absolute atomic E-state index is 0.00542. The van der Waals surface area contributed by atoms with E-state index < -0.39 is 11.9 Å². The molecular formula is C12H17FN2O. The van der Waals surface area contributed by atoms with Gasteiger partial charge in [-0.2, -0.15) is 4.39 Å². The Hall–Kier alpha value is -1.45. The molecule has 0 aromatic carbocycles. The lowest BCUT2D eigenvalue weighted by molar-refractivity contribution is 0.0933. The first-order valence-corrected chi connectivity index (χ1v) is 5.56. The topological polar surface area (TPSA) is 42.0 Å². The highest BCUT2D eigenvalue weighted by Gasteiger charge is 2.13. The number of carbonyl (C=O) groups is 1. The molecule has 1 aromatic heterocycles. The fraction of sp³-hybridized carbons (Fsp3) is 0.500. The van der Waals surface area contributed by atoms with E-state index >= 15 is 0 Å². The van der Waals surface area contributed by atoms with Crippen molar-refractivity contribution in [2.45, 2.75) is 39.2 Å². The van der Waals surface area contributed by atoms with E-state index in [0.717, 1.165) is 19.3 Å². The maximum Gasteiger partial charge on any atom is 0.256 e. The third-order valence-corrected chi connectivity index (χ3v) is 2.37. The first-order valence-electron chi connectivity index (χ1n) is 5.56. The van der Waals surface area contributed by atoms with Gasteiger partial charge in [0, 0.05) is 12.2 Å². The quantitative estimate of drug-likeness (QED) is 0.781. The predicted molar refractivity (Wildman–Crippen MR) is 60.6 cm³/mol. The van der Waals surface area contributed by atoms with Crippen molar-refractivity contribution >= 4 is 5.91 Å². The second-order valence-corrected chi connectivity index (χ2v) is 3.86. The summed E-state index contributed by atoms with van der Waals surface area (Å²) in [6.45, 7) is 4.01. The SMILES string of the molecule is CCCCC(C)NC(=O)c1cccnc1F. The van der Waals surface area contributed by atoms with Crippen LogP contribution < -0.4 is 5.32 Å². The first kappa shape index (κ1) is 12.6. The number of amides is 1. The molecule has 0 saturated heterocycles. The van der Waals surface area contributed by atoms with Crippen LogP contribution in [-0.2, 0) is 0 Å². The molecule has 1 rings (SSSR count). The van der Waals surface area contributed by atoms with Gasteiger partial charge in [-0.15, -0.1) is 0 Å². The molecule has 1 amide bonds. The van der Waals surface area contributed by atoms with Crippen molar-refractivity contribution in [3.63, 3.8) is 0 Å². The van der Waals surface area contributed by atoms with Gasteiger partial charge in [0.1, 0.15) is 0 Å². The minimum Gasteiger partial charge on any atom is -0.349 e. The summed E-state index contributed by atoms with van der Waals surface area (Å²) in [7, 11) is 0. The van der Waals surface area contributed by atoms with Crippen molar-refractivity contribution in [3.05, 3.63) is 29.8 Å². The molecule has 0 aliphatic heterocycles. The fourth-order valence-electron chi connectivity index (χ4n) is 1.44. The Labute approximate surface area is 95.1 Å². The molecule has 3 nitrogen and oxygen atoms in total. The van der Waals surface area contributed by atoms with Gasteiger partial charge >= 0.3 is 0 Å². The summed E-state index contributed by atoms with van der Waals surface area (Å²) in [4.78, 5) is 15.1. The van der Waals surface area contributed by atoms with E-state index in [1.54, 1.807) is 6.07 Å². The highest BCUT2D eigenvalue weighted by Crippen LogP contribution is 2.05. The second kappa shape index (κ2) is 6.20. The molecular weight excluding hydrogens is 207 g/mol. The van der Waals surface area contributed by atoms with Gasteiger partial charge in [-0.25, -0.2) is 4.98 Å². The average molecular weight is 224 g/mol. The minimum atomic E-state index is -0.720. The Morgan fingerprint density at radius 3 is 3.00 bits per heavy atom. The number of nitrogens with one attached hydrogen (secondary N) is 1. The normalized spacial score (nSPS) is 12.2. The van der Waals surface area contributed by atoms with E-state index in [9.17, 15) is 9.18 Å². The molecule has 88 valence electrons. The summed E-state index contributed by atoms with van der Waals surface area (Å²) in [5.74, 6) is -1.11.